The highest BCUT2D eigenvalue weighted by molar-refractivity contribution is 7.92. The van der Waals surface area contributed by atoms with Crippen LogP contribution in [0, 0.1) is 6.92 Å². The summed E-state index contributed by atoms with van der Waals surface area (Å²) in [5.41, 5.74) is 4.93. The van der Waals surface area contributed by atoms with Gasteiger partial charge in [-0.05, 0) is 73.7 Å². The molecule has 1 aliphatic heterocycles. The van der Waals surface area contributed by atoms with Crippen LogP contribution in [0.1, 0.15) is 40.4 Å². The minimum absolute atomic E-state index is 0.0634. The number of rotatable bonds is 5. The third-order valence-corrected chi connectivity index (χ3v) is 7.03. The molecule has 31 heavy (non-hydrogen) atoms. The van der Waals surface area contributed by atoms with Crippen molar-refractivity contribution in [2.75, 3.05) is 16.2 Å². The number of hydrogen-bond acceptors (Lipinski definition) is 3. The van der Waals surface area contributed by atoms with Crippen molar-refractivity contribution in [3.8, 4) is 0 Å². The first kappa shape index (κ1) is 21.1. The fourth-order valence-corrected chi connectivity index (χ4v) is 5.09. The Labute approximate surface area is 183 Å². The van der Waals surface area contributed by atoms with Gasteiger partial charge in [0.25, 0.3) is 15.9 Å². The first-order valence-corrected chi connectivity index (χ1v) is 12.0. The van der Waals surface area contributed by atoms with Crippen molar-refractivity contribution in [1.29, 1.82) is 0 Å². The first-order valence-electron chi connectivity index (χ1n) is 10.5. The molecule has 1 heterocycles. The molecule has 0 aliphatic carbocycles. The van der Waals surface area contributed by atoms with E-state index in [9.17, 15) is 13.2 Å². The maximum absolute atomic E-state index is 13.1. The number of nitrogens with one attached hydrogen (secondary N) is 1. The second-order valence-corrected chi connectivity index (χ2v) is 9.52. The minimum Gasteiger partial charge on any atom is -0.308 e. The second kappa shape index (κ2) is 8.55. The Morgan fingerprint density at radius 2 is 1.77 bits per heavy atom. The molecule has 3 aromatic rings. The summed E-state index contributed by atoms with van der Waals surface area (Å²) in [7, 11) is -3.73. The van der Waals surface area contributed by atoms with Crippen LogP contribution in [0.5, 0.6) is 0 Å². The number of para-hydroxylation sites is 1. The summed E-state index contributed by atoms with van der Waals surface area (Å²) in [6.45, 7) is 4.60. The summed E-state index contributed by atoms with van der Waals surface area (Å²) in [4.78, 5) is 15.0. The number of carbonyl (C=O) groups is 1. The lowest BCUT2D eigenvalue weighted by Crippen LogP contribution is -2.35. The van der Waals surface area contributed by atoms with Gasteiger partial charge in [0.2, 0.25) is 0 Å². The van der Waals surface area contributed by atoms with Gasteiger partial charge < -0.3 is 4.90 Å². The summed E-state index contributed by atoms with van der Waals surface area (Å²) in [5, 5.41) is 0. The predicted molar refractivity (Wildman–Crippen MR) is 124 cm³/mol. The van der Waals surface area contributed by atoms with Gasteiger partial charge in [-0.2, -0.15) is 0 Å². The van der Waals surface area contributed by atoms with Crippen LogP contribution in [0.25, 0.3) is 0 Å². The van der Waals surface area contributed by atoms with E-state index < -0.39 is 10.0 Å². The molecule has 0 spiro atoms. The van der Waals surface area contributed by atoms with Gasteiger partial charge in [0.15, 0.2) is 0 Å². The summed E-state index contributed by atoms with van der Waals surface area (Å²) >= 11 is 0. The SMILES string of the molecule is CCc1ccccc1NS(=O)(=O)c1ccc2c(c1)CCCN2C(=O)c1ccc(C)cc1. The number of hydrogen-bond donors (Lipinski definition) is 1. The molecule has 0 saturated heterocycles. The maximum Gasteiger partial charge on any atom is 0.261 e. The molecule has 0 aromatic heterocycles. The lowest BCUT2D eigenvalue weighted by Gasteiger charge is -2.30. The van der Waals surface area contributed by atoms with E-state index in [1.165, 1.54) is 0 Å². The Balaban J connectivity index is 1.63. The van der Waals surface area contributed by atoms with Crippen LogP contribution >= 0.6 is 0 Å². The van der Waals surface area contributed by atoms with Crippen LogP contribution in [0.15, 0.2) is 71.6 Å². The molecule has 0 atom stereocenters. The molecule has 4 rings (SSSR count). The van der Waals surface area contributed by atoms with Crippen molar-refractivity contribution in [1.82, 2.24) is 0 Å². The molecule has 0 bridgehead atoms. The van der Waals surface area contributed by atoms with Crippen molar-refractivity contribution in [3.05, 3.63) is 89.0 Å². The highest BCUT2D eigenvalue weighted by atomic mass is 32.2. The molecule has 5 nitrogen and oxygen atoms in total. The number of carbonyl (C=O) groups excluding carboxylic acids is 1. The Kier molecular flexibility index (Phi) is 5.83. The molecule has 1 N–H and O–H groups in total. The Hall–Kier alpha value is -3.12. The summed E-state index contributed by atoms with van der Waals surface area (Å²) in [5.74, 6) is -0.0634. The summed E-state index contributed by atoms with van der Waals surface area (Å²) < 4.78 is 28.8. The van der Waals surface area contributed by atoms with Crippen LogP contribution < -0.4 is 9.62 Å². The number of fused-ring (bicyclic) bond motifs is 1. The fraction of sp³-hybridized carbons (Fsp3) is 0.240. The van der Waals surface area contributed by atoms with Gasteiger partial charge in [0.05, 0.1) is 10.6 Å². The molecule has 3 aromatic carbocycles. The molecule has 0 saturated carbocycles. The number of nitrogens with zero attached hydrogens (tertiary/aromatic N) is 1. The lowest BCUT2D eigenvalue weighted by molar-refractivity contribution is 0.0985. The molecule has 1 amide bonds. The predicted octanol–water partition coefficient (Wildman–Crippen LogP) is 4.95. The van der Waals surface area contributed by atoms with E-state index in [0.717, 1.165) is 41.6 Å². The van der Waals surface area contributed by atoms with Crippen molar-refractivity contribution >= 4 is 27.3 Å². The van der Waals surface area contributed by atoms with Crippen LogP contribution in [-0.2, 0) is 22.9 Å². The Bertz CT molecular complexity index is 1220. The van der Waals surface area contributed by atoms with Gasteiger partial charge in [-0.3, -0.25) is 9.52 Å². The van der Waals surface area contributed by atoms with Crippen LogP contribution in [0.4, 0.5) is 11.4 Å². The molecular weight excluding hydrogens is 408 g/mol. The van der Waals surface area contributed by atoms with Crippen molar-refractivity contribution in [2.24, 2.45) is 0 Å². The molecule has 6 heteroatoms. The number of sulfonamides is 1. The molecule has 0 radical (unpaired) electrons. The van der Waals surface area contributed by atoms with Crippen LogP contribution in [0.3, 0.4) is 0 Å². The third kappa shape index (κ3) is 4.35. The molecule has 1 aliphatic rings. The topological polar surface area (TPSA) is 66.5 Å². The molecular formula is C25H26N2O3S. The van der Waals surface area contributed by atoms with Gasteiger partial charge in [0.1, 0.15) is 0 Å². The standard InChI is InChI=1S/C25H26N2O3S/c1-3-19-7-4-5-9-23(19)26-31(29,30)22-14-15-24-21(17-22)8-6-16-27(24)25(28)20-12-10-18(2)11-13-20/h4-5,7,9-15,17,26H,3,6,8,16H2,1-2H3. The van der Waals surface area contributed by atoms with Gasteiger partial charge in [0, 0.05) is 17.8 Å². The monoisotopic (exact) mass is 434 g/mol. The second-order valence-electron chi connectivity index (χ2n) is 7.83. The van der Waals surface area contributed by atoms with Crippen molar-refractivity contribution in [2.45, 2.75) is 38.0 Å². The number of aryl methyl sites for hydroxylation is 3. The van der Waals surface area contributed by atoms with Crippen LogP contribution in [0.2, 0.25) is 0 Å². The summed E-state index contributed by atoms with van der Waals surface area (Å²) in [6.07, 6.45) is 2.26. The molecule has 0 unspecified atom stereocenters. The van der Waals surface area contributed by atoms with E-state index in [4.69, 9.17) is 0 Å². The summed E-state index contributed by atoms with van der Waals surface area (Å²) in [6, 6.07) is 19.9. The van der Waals surface area contributed by atoms with Gasteiger partial charge in [-0.25, -0.2) is 8.42 Å². The quantitative estimate of drug-likeness (QED) is 0.618. The van der Waals surface area contributed by atoms with Crippen molar-refractivity contribution in [3.63, 3.8) is 0 Å². The molecule has 160 valence electrons. The van der Waals surface area contributed by atoms with Crippen molar-refractivity contribution < 1.29 is 13.2 Å². The maximum atomic E-state index is 13.1. The number of anilines is 2. The zero-order valence-electron chi connectivity index (χ0n) is 17.8. The average Bonchev–Trinajstić information content (AvgIpc) is 2.78. The van der Waals surface area contributed by atoms with E-state index in [0.29, 0.717) is 17.8 Å². The van der Waals surface area contributed by atoms with Gasteiger partial charge in [-0.1, -0.05) is 42.8 Å². The average molecular weight is 435 g/mol. The largest absolute Gasteiger partial charge is 0.308 e. The smallest absolute Gasteiger partial charge is 0.261 e. The normalized spacial score (nSPS) is 13.5. The number of amides is 1. The Morgan fingerprint density at radius 1 is 1.03 bits per heavy atom. The van der Waals surface area contributed by atoms with E-state index in [1.807, 2.05) is 56.3 Å². The van der Waals surface area contributed by atoms with E-state index in [2.05, 4.69) is 4.72 Å². The third-order valence-electron chi connectivity index (χ3n) is 5.67. The highest BCUT2D eigenvalue weighted by Gasteiger charge is 2.26. The Morgan fingerprint density at radius 3 is 2.52 bits per heavy atom. The number of benzene rings is 3. The van der Waals surface area contributed by atoms with Gasteiger partial charge in [-0.15, -0.1) is 0 Å². The minimum atomic E-state index is -3.73. The fourth-order valence-electron chi connectivity index (χ4n) is 3.94. The molecule has 0 fully saturated rings. The van der Waals surface area contributed by atoms with E-state index in [-0.39, 0.29) is 10.8 Å². The van der Waals surface area contributed by atoms with Gasteiger partial charge >= 0.3 is 0 Å². The van der Waals surface area contributed by atoms with Crippen LogP contribution in [-0.4, -0.2) is 20.9 Å². The zero-order valence-corrected chi connectivity index (χ0v) is 18.6. The van der Waals surface area contributed by atoms with E-state index >= 15 is 0 Å². The highest BCUT2D eigenvalue weighted by Crippen LogP contribution is 2.31. The first-order chi connectivity index (χ1) is 14.9. The lowest BCUT2D eigenvalue weighted by atomic mass is 10.0. The zero-order chi connectivity index (χ0) is 22.0. The van der Waals surface area contributed by atoms with E-state index in [1.54, 1.807) is 29.2 Å².